The first-order chi connectivity index (χ1) is 10.9. The van der Waals surface area contributed by atoms with E-state index in [0.717, 1.165) is 23.3 Å². The van der Waals surface area contributed by atoms with Crippen molar-refractivity contribution in [2.75, 3.05) is 0 Å². The van der Waals surface area contributed by atoms with Crippen molar-refractivity contribution in [1.82, 2.24) is 15.0 Å². The summed E-state index contributed by atoms with van der Waals surface area (Å²) in [6.07, 6.45) is -2.60. The van der Waals surface area contributed by atoms with Crippen LogP contribution in [0.4, 0.5) is 13.2 Å². The third kappa shape index (κ3) is 3.41. The van der Waals surface area contributed by atoms with Crippen LogP contribution >= 0.6 is 0 Å². The van der Waals surface area contributed by atoms with E-state index in [-0.39, 0.29) is 0 Å². The lowest BCUT2D eigenvalue weighted by atomic mass is 10.1. The Morgan fingerprint density at radius 1 is 1.00 bits per heavy atom. The van der Waals surface area contributed by atoms with Crippen LogP contribution in [0.15, 0.2) is 54.7 Å². The molecule has 0 aliphatic carbocycles. The van der Waals surface area contributed by atoms with Crippen molar-refractivity contribution in [2.45, 2.75) is 19.6 Å². The van der Waals surface area contributed by atoms with Gasteiger partial charge in [-0.05, 0) is 30.2 Å². The molecule has 0 aliphatic heterocycles. The number of rotatable bonds is 3. The van der Waals surface area contributed by atoms with Gasteiger partial charge in [0, 0.05) is 5.56 Å². The average Bonchev–Trinajstić information content (AvgIpc) is 2.97. The van der Waals surface area contributed by atoms with Gasteiger partial charge < -0.3 is 0 Å². The van der Waals surface area contributed by atoms with E-state index in [0.29, 0.717) is 17.8 Å². The van der Waals surface area contributed by atoms with Gasteiger partial charge in [-0.3, -0.25) is 0 Å². The van der Waals surface area contributed by atoms with Crippen LogP contribution in [-0.2, 0) is 12.7 Å². The highest BCUT2D eigenvalue weighted by Crippen LogP contribution is 2.30. The van der Waals surface area contributed by atoms with E-state index in [1.807, 2.05) is 31.2 Å². The highest BCUT2D eigenvalue weighted by Gasteiger charge is 2.30. The van der Waals surface area contributed by atoms with E-state index in [2.05, 4.69) is 10.3 Å². The second kappa shape index (κ2) is 5.87. The van der Waals surface area contributed by atoms with E-state index in [1.165, 1.54) is 12.1 Å². The van der Waals surface area contributed by atoms with Crippen molar-refractivity contribution in [3.8, 4) is 11.3 Å². The minimum atomic E-state index is -4.33. The SMILES string of the molecule is Cc1ccccc1Cn1cc(-c2ccc(C(F)(F)F)cc2)nn1. The minimum Gasteiger partial charge on any atom is -0.247 e. The summed E-state index contributed by atoms with van der Waals surface area (Å²) in [6, 6.07) is 12.9. The lowest BCUT2D eigenvalue weighted by molar-refractivity contribution is -0.137. The molecule has 0 atom stereocenters. The Morgan fingerprint density at radius 2 is 1.70 bits per heavy atom. The number of benzene rings is 2. The third-order valence-electron chi connectivity index (χ3n) is 3.64. The zero-order chi connectivity index (χ0) is 16.4. The molecule has 0 saturated carbocycles. The minimum absolute atomic E-state index is 0.548. The number of aryl methyl sites for hydroxylation is 1. The summed E-state index contributed by atoms with van der Waals surface area (Å²) in [5, 5.41) is 8.08. The maximum atomic E-state index is 12.6. The van der Waals surface area contributed by atoms with Crippen molar-refractivity contribution < 1.29 is 13.2 Å². The number of hydrogen-bond acceptors (Lipinski definition) is 2. The molecule has 0 fully saturated rings. The van der Waals surface area contributed by atoms with Gasteiger partial charge in [-0.2, -0.15) is 13.2 Å². The van der Waals surface area contributed by atoms with Crippen LogP contribution < -0.4 is 0 Å². The molecule has 0 N–H and O–H groups in total. The fourth-order valence-corrected chi connectivity index (χ4v) is 2.30. The predicted molar refractivity (Wildman–Crippen MR) is 80.7 cm³/mol. The van der Waals surface area contributed by atoms with Crippen LogP contribution in [0.1, 0.15) is 16.7 Å². The van der Waals surface area contributed by atoms with E-state index in [9.17, 15) is 13.2 Å². The number of nitrogens with zero attached hydrogens (tertiary/aromatic N) is 3. The molecule has 0 bridgehead atoms. The average molecular weight is 317 g/mol. The topological polar surface area (TPSA) is 30.7 Å². The van der Waals surface area contributed by atoms with E-state index < -0.39 is 11.7 Å². The molecule has 0 aliphatic rings. The first kappa shape index (κ1) is 15.3. The Morgan fingerprint density at radius 3 is 2.35 bits per heavy atom. The van der Waals surface area contributed by atoms with E-state index in [4.69, 9.17) is 0 Å². The molecule has 0 spiro atoms. The molecule has 3 nitrogen and oxygen atoms in total. The van der Waals surface area contributed by atoms with Crippen molar-refractivity contribution in [3.05, 3.63) is 71.4 Å². The van der Waals surface area contributed by atoms with Crippen LogP contribution in [0.5, 0.6) is 0 Å². The van der Waals surface area contributed by atoms with Crippen LogP contribution in [0.3, 0.4) is 0 Å². The molecule has 23 heavy (non-hydrogen) atoms. The summed E-state index contributed by atoms with van der Waals surface area (Å²) in [5.74, 6) is 0. The van der Waals surface area contributed by atoms with Gasteiger partial charge in [0.2, 0.25) is 0 Å². The summed E-state index contributed by atoms with van der Waals surface area (Å²) in [6.45, 7) is 2.59. The number of alkyl halides is 3. The Balaban J connectivity index is 1.81. The lowest BCUT2D eigenvalue weighted by Gasteiger charge is -2.06. The molecule has 3 rings (SSSR count). The zero-order valence-corrected chi connectivity index (χ0v) is 12.4. The second-order valence-corrected chi connectivity index (χ2v) is 5.30. The molecule has 0 amide bonds. The Bertz CT molecular complexity index is 804. The normalized spacial score (nSPS) is 11.7. The molecular formula is C17H14F3N3. The second-order valence-electron chi connectivity index (χ2n) is 5.30. The van der Waals surface area contributed by atoms with E-state index >= 15 is 0 Å². The lowest BCUT2D eigenvalue weighted by Crippen LogP contribution is -2.04. The molecule has 0 saturated heterocycles. The number of halogens is 3. The van der Waals surface area contributed by atoms with Gasteiger partial charge in [0.1, 0.15) is 5.69 Å². The van der Waals surface area contributed by atoms with Gasteiger partial charge in [-0.25, -0.2) is 4.68 Å². The number of aromatic nitrogens is 3. The quantitative estimate of drug-likeness (QED) is 0.720. The van der Waals surface area contributed by atoms with Gasteiger partial charge in [-0.15, -0.1) is 5.10 Å². The van der Waals surface area contributed by atoms with Crippen LogP contribution in [0.25, 0.3) is 11.3 Å². The van der Waals surface area contributed by atoms with Gasteiger partial charge in [-0.1, -0.05) is 41.6 Å². The molecule has 0 unspecified atom stereocenters. The first-order valence-electron chi connectivity index (χ1n) is 7.06. The number of hydrogen-bond donors (Lipinski definition) is 0. The molecule has 6 heteroatoms. The first-order valence-corrected chi connectivity index (χ1v) is 7.06. The third-order valence-corrected chi connectivity index (χ3v) is 3.64. The molecule has 2 aromatic carbocycles. The van der Waals surface area contributed by atoms with Crippen LogP contribution in [0.2, 0.25) is 0 Å². The Hall–Kier alpha value is -2.63. The van der Waals surface area contributed by atoms with Crippen molar-refractivity contribution >= 4 is 0 Å². The fourth-order valence-electron chi connectivity index (χ4n) is 2.30. The van der Waals surface area contributed by atoms with Crippen molar-refractivity contribution in [3.63, 3.8) is 0 Å². The highest BCUT2D eigenvalue weighted by atomic mass is 19.4. The molecule has 3 aromatic rings. The van der Waals surface area contributed by atoms with Gasteiger partial charge in [0.05, 0.1) is 18.3 Å². The summed E-state index contributed by atoms with van der Waals surface area (Å²) >= 11 is 0. The summed E-state index contributed by atoms with van der Waals surface area (Å²) in [4.78, 5) is 0. The molecular weight excluding hydrogens is 303 g/mol. The highest BCUT2D eigenvalue weighted by molar-refractivity contribution is 5.58. The van der Waals surface area contributed by atoms with Gasteiger partial charge in [0.15, 0.2) is 0 Å². The van der Waals surface area contributed by atoms with E-state index in [1.54, 1.807) is 10.9 Å². The maximum Gasteiger partial charge on any atom is 0.416 e. The van der Waals surface area contributed by atoms with Gasteiger partial charge >= 0.3 is 6.18 Å². The van der Waals surface area contributed by atoms with Gasteiger partial charge in [0.25, 0.3) is 0 Å². The predicted octanol–water partition coefficient (Wildman–Crippen LogP) is 4.32. The monoisotopic (exact) mass is 317 g/mol. The molecule has 0 radical (unpaired) electrons. The van der Waals surface area contributed by atoms with Crippen molar-refractivity contribution in [1.29, 1.82) is 0 Å². The molecule has 118 valence electrons. The Kier molecular flexibility index (Phi) is 3.90. The van der Waals surface area contributed by atoms with Crippen LogP contribution in [-0.4, -0.2) is 15.0 Å². The maximum absolute atomic E-state index is 12.6. The smallest absolute Gasteiger partial charge is 0.247 e. The fraction of sp³-hybridized carbons (Fsp3) is 0.176. The zero-order valence-electron chi connectivity index (χ0n) is 12.4. The largest absolute Gasteiger partial charge is 0.416 e. The van der Waals surface area contributed by atoms with Crippen LogP contribution in [0, 0.1) is 6.92 Å². The summed E-state index contributed by atoms with van der Waals surface area (Å²) in [7, 11) is 0. The van der Waals surface area contributed by atoms with Crippen molar-refractivity contribution in [2.24, 2.45) is 0 Å². The molecule has 1 aromatic heterocycles. The Labute approximate surface area is 131 Å². The standard InChI is InChI=1S/C17H14F3N3/c1-12-4-2-3-5-14(12)10-23-11-16(21-22-23)13-6-8-15(9-7-13)17(18,19)20/h2-9,11H,10H2,1H3. The molecule has 1 heterocycles. The summed E-state index contributed by atoms with van der Waals surface area (Å²) < 4.78 is 39.4. The summed E-state index contributed by atoms with van der Waals surface area (Å²) in [5.41, 5.74) is 2.75.